The fraction of sp³-hybridized carbons (Fsp3) is 0.156. The van der Waals surface area contributed by atoms with Crippen LogP contribution in [0.15, 0.2) is 163 Å². The molecule has 1 aliphatic rings. The molecule has 286 valence electrons. The largest absolute Gasteiger partial charge is 0.457 e. The van der Waals surface area contributed by atoms with Gasteiger partial charge in [-0.3, -0.25) is 0 Å². The van der Waals surface area contributed by atoms with Crippen molar-refractivity contribution in [3.05, 3.63) is 180 Å². The zero-order chi connectivity index (χ0) is 38.8. The molecule has 0 saturated carbocycles. The van der Waals surface area contributed by atoms with Gasteiger partial charge in [-0.2, -0.15) is 4.68 Å². The lowest BCUT2D eigenvalue weighted by atomic mass is 9.98. The minimum atomic E-state index is -0.620. The van der Waals surface area contributed by atoms with E-state index in [2.05, 4.69) is 38.3 Å². The molecule has 3 atom stereocenters. The standard InChI is InChI=1S/C45H40N6O5S/c52-29-31-15-17-33(18-16-31)42-27-40(30-57-45-48-49-50-51(45)37-10-3-1-4-11-37)55-43(56-42)34-21-19-32(20-22-34)41-14-8-7-9-35(41)28-46-44(53)47-36-23-25-39(26-24-36)54-38-12-5-2-6-13-38/h1-26,40,42-43,52H,27-30H2,(H2,46,47,53)/t40-,42+,43+/m0/s1. The van der Waals surface area contributed by atoms with Gasteiger partial charge in [-0.15, -0.1) is 5.10 Å². The highest BCUT2D eigenvalue weighted by Crippen LogP contribution is 2.40. The Bertz CT molecular complexity index is 2360. The second-order valence-electron chi connectivity index (χ2n) is 13.4. The molecule has 0 radical (unpaired) electrons. The predicted molar refractivity (Wildman–Crippen MR) is 219 cm³/mol. The molecular weight excluding hydrogens is 737 g/mol. The van der Waals surface area contributed by atoms with Crippen molar-refractivity contribution in [3.8, 4) is 28.3 Å². The molecule has 2 amide bonds. The number of hydrogen-bond acceptors (Lipinski definition) is 9. The number of rotatable bonds is 13. The first kappa shape index (κ1) is 37.6. The van der Waals surface area contributed by atoms with Crippen LogP contribution in [0.5, 0.6) is 11.5 Å². The van der Waals surface area contributed by atoms with Gasteiger partial charge in [-0.05, 0) is 86.8 Å². The van der Waals surface area contributed by atoms with Crippen LogP contribution >= 0.6 is 11.8 Å². The Hall–Kier alpha value is -6.31. The third-order valence-electron chi connectivity index (χ3n) is 9.50. The lowest BCUT2D eigenvalue weighted by Gasteiger charge is -2.36. The van der Waals surface area contributed by atoms with Gasteiger partial charge in [0.2, 0.25) is 5.16 Å². The van der Waals surface area contributed by atoms with Crippen molar-refractivity contribution in [2.45, 2.75) is 43.2 Å². The number of thioether (sulfide) groups is 1. The van der Waals surface area contributed by atoms with Gasteiger partial charge < -0.3 is 30.0 Å². The molecule has 7 aromatic rings. The first-order valence-corrected chi connectivity index (χ1v) is 19.6. The third-order valence-corrected chi connectivity index (χ3v) is 10.5. The third kappa shape index (κ3) is 9.57. The molecule has 3 N–H and O–H groups in total. The van der Waals surface area contributed by atoms with E-state index in [1.165, 1.54) is 11.8 Å². The van der Waals surface area contributed by atoms with Crippen LogP contribution in [0.25, 0.3) is 16.8 Å². The van der Waals surface area contributed by atoms with E-state index in [0.717, 1.165) is 44.8 Å². The van der Waals surface area contributed by atoms with Gasteiger partial charge >= 0.3 is 6.03 Å². The first-order chi connectivity index (χ1) is 28.1. The maximum Gasteiger partial charge on any atom is 0.319 e. The van der Waals surface area contributed by atoms with Gasteiger partial charge in [0.05, 0.1) is 24.5 Å². The quantitative estimate of drug-likeness (QED) is 0.0981. The van der Waals surface area contributed by atoms with Crippen molar-refractivity contribution in [2.24, 2.45) is 0 Å². The number of para-hydroxylation sites is 2. The van der Waals surface area contributed by atoms with E-state index in [0.29, 0.717) is 35.3 Å². The fourth-order valence-corrected chi connectivity index (χ4v) is 7.46. The van der Waals surface area contributed by atoms with E-state index < -0.39 is 6.29 Å². The number of tetrazole rings is 1. The van der Waals surface area contributed by atoms with Crippen LogP contribution in [0.1, 0.15) is 41.1 Å². The molecule has 1 aliphatic heterocycles. The minimum absolute atomic E-state index is 0.0217. The van der Waals surface area contributed by atoms with Crippen molar-refractivity contribution in [2.75, 3.05) is 11.1 Å². The van der Waals surface area contributed by atoms with Gasteiger partial charge in [0.25, 0.3) is 0 Å². The Labute approximate surface area is 334 Å². The number of aliphatic hydroxyl groups excluding tert-OH is 1. The summed E-state index contributed by atoms with van der Waals surface area (Å²) in [6.45, 7) is 0.309. The second kappa shape index (κ2) is 18.1. The summed E-state index contributed by atoms with van der Waals surface area (Å²) in [5.74, 6) is 2.03. The lowest BCUT2D eigenvalue weighted by Crippen LogP contribution is -2.31. The van der Waals surface area contributed by atoms with Gasteiger partial charge in [0, 0.05) is 30.0 Å². The van der Waals surface area contributed by atoms with Crippen molar-refractivity contribution in [3.63, 3.8) is 0 Å². The molecule has 2 heterocycles. The molecule has 0 aliphatic carbocycles. The minimum Gasteiger partial charge on any atom is -0.457 e. The van der Waals surface area contributed by atoms with Gasteiger partial charge in [-0.1, -0.05) is 121 Å². The lowest BCUT2D eigenvalue weighted by molar-refractivity contribution is -0.245. The van der Waals surface area contributed by atoms with Crippen molar-refractivity contribution in [1.29, 1.82) is 0 Å². The fourth-order valence-electron chi connectivity index (χ4n) is 6.55. The summed E-state index contributed by atoms with van der Waals surface area (Å²) >= 11 is 1.54. The number of hydrogen-bond donors (Lipinski definition) is 3. The summed E-state index contributed by atoms with van der Waals surface area (Å²) < 4.78 is 20.8. The summed E-state index contributed by atoms with van der Waals surface area (Å²) in [6.07, 6.45) is -0.388. The predicted octanol–water partition coefficient (Wildman–Crippen LogP) is 9.27. The Morgan fingerprint density at radius 2 is 1.46 bits per heavy atom. The van der Waals surface area contributed by atoms with Crippen molar-refractivity contribution >= 4 is 23.5 Å². The number of amides is 2. The summed E-state index contributed by atoms with van der Waals surface area (Å²) in [5, 5.41) is 28.6. The molecule has 11 nitrogen and oxygen atoms in total. The number of anilines is 1. The Morgan fingerprint density at radius 3 is 2.21 bits per heavy atom. The highest BCUT2D eigenvalue weighted by atomic mass is 32.2. The zero-order valence-corrected chi connectivity index (χ0v) is 31.7. The van der Waals surface area contributed by atoms with E-state index in [1.54, 1.807) is 16.8 Å². The highest BCUT2D eigenvalue weighted by molar-refractivity contribution is 7.99. The summed E-state index contributed by atoms with van der Waals surface area (Å²) in [6, 6.07) is 50.3. The van der Waals surface area contributed by atoms with Crippen LogP contribution in [0.2, 0.25) is 0 Å². The van der Waals surface area contributed by atoms with Crippen LogP contribution in [0.3, 0.4) is 0 Å². The number of carbonyl (C=O) groups excluding carboxylic acids is 1. The zero-order valence-electron chi connectivity index (χ0n) is 30.8. The number of urea groups is 1. The number of ether oxygens (including phenoxy) is 3. The van der Waals surface area contributed by atoms with Gasteiger partial charge in [0.1, 0.15) is 11.5 Å². The van der Waals surface area contributed by atoms with E-state index >= 15 is 0 Å². The number of carbonyl (C=O) groups is 1. The SMILES string of the molecule is O=C(NCc1ccccc1-c1ccc([C@@H]2O[C@H](CSc3nnnn3-c3ccccc3)C[C@H](c3ccc(CO)cc3)O2)cc1)Nc1ccc(Oc2ccccc2)cc1. The normalized spacial score (nSPS) is 16.5. The highest BCUT2D eigenvalue weighted by Gasteiger charge is 2.33. The number of nitrogens with one attached hydrogen (secondary N) is 2. The van der Waals surface area contributed by atoms with Crippen LogP contribution in [0.4, 0.5) is 10.5 Å². The van der Waals surface area contributed by atoms with Crippen LogP contribution in [-0.4, -0.2) is 43.2 Å². The van der Waals surface area contributed by atoms with E-state index in [-0.39, 0.29) is 24.8 Å². The van der Waals surface area contributed by atoms with Gasteiger partial charge in [-0.25, -0.2) is 4.79 Å². The number of nitrogens with zero attached hydrogens (tertiary/aromatic N) is 4. The molecule has 0 spiro atoms. The first-order valence-electron chi connectivity index (χ1n) is 18.6. The molecule has 1 aromatic heterocycles. The maximum atomic E-state index is 12.9. The molecular formula is C45H40N6O5S. The molecule has 0 unspecified atom stereocenters. The number of aromatic nitrogens is 4. The van der Waals surface area contributed by atoms with E-state index in [4.69, 9.17) is 14.2 Å². The molecule has 6 aromatic carbocycles. The van der Waals surface area contributed by atoms with Crippen molar-refractivity contribution in [1.82, 2.24) is 25.5 Å². The van der Waals surface area contributed by atoms with Crippen LogP contribution in [0, 0.1) is 0 Å². The Kier molecular flexibility index (Phi) is 11.9. The molecule has 0 bridgehead atoms. The molecule has 1 saturated heterocycles. The second-order valence-corrected chi connectivity index (χ2v) is 14.4. The van der Waals surface area contributed by atoms with Gasteiger partial charge in [0.15, 0.2) is 6.29 Å². The molecule has 12 heteroatoms. The number of aliphatic hydroxyl groups is 1. The smallest absolute Gasteiger partial charge is 0.319 e. The summed E-state index contributed by atoms with van der Waals surface area (Å²) in [5.41, 5.74) is 7.25. The van der Waals surface area contributed by atoms with E-state index in [9.17, 15) is 9.90 Å². The van der Waals surface area contributed by atoms with Crippen molar-refractivity contribution < 1.29 is 24.1 Å². The van der Waals surface area contributed by atoms with Crippen LogP contribution < -0.4 is 15.4 Å². The summed E-state index contributed by atoms with van der Waals surface area (Å²) in [4.78, 5) is 12.9. The average Bonchev–Trinajstić information content (AvgIpc) is 3.75. The summed E-state index contributed by atoms with van der Waals surface area (Å²) in [7, 11) is 0. The van der Waals surface area contributed by atoms with E-state index in [1.807, 2.05) is 133 Å². The maximum absolute atomic E-state index is 12.9. The Morgan fingerprint density at radius 1 is 0.772 bits per heavy atom. The van der Waals surface area contributed by atoms with Crippen LogP contribution in [-0.2, 0) is 22.6 Å². The monoisotopic (exact) mass is 776 g/mol. The average molecular weight is 777 g/mol. The molecule has 57 heavy (non-hydrogen) atoms. The molecule has 1 fully saturated rings. The molecule has 8 rings (SSSR count). The number of benzene rings is 6. The Balaban J connectivity index is 0.929. The topological polar surface area (TPSA) is 133 Å².